The molecule has 2 N–H and O–H groups in total. The number of rotatable bonds is 5. The maximum Gasteiger partial charge on any atom is 0.328 e. The second-order valence-electron chi connectivity index (χ2n) is 5.73. The first-order valence-electron chi connectivity index (χ1n) is 8.00. The molecule has 0 saturated carbocycles. The van der Waals surface area contributed by atoms with Crippen LogP contribution in [0.15, 0.2) is 42.0 Å². The van der Waals surface area contributed by atoms with Crippen LogP contribution in [0.25, 0.3) is 6.08 Å². The molecule has 2 aromatic rings. The number of amides is 4. The van der Waals surface area contributed by atoms with Crippen LogP contribution in [-0.2, 0) is 16.2 Å². The molecule has 0 aromatic heterocycles. The van der Waals surface area contributed by atoms with Crippen molar-refractivity contribution in [3.8, 4) is 11.5 Å². The van der Waals surface area contributed by atoms with Crippen molar-refractivity contribution in [1.82, 2.24) is 10.6 Å². The quantitative estimate of drug-likeness (QED) is 0.571. The van der Waals surface area contributed by atoms with E-state index in [1.54, 1.807) is 36.4 Å². The highest BCUT2D eigenvalue weighted by Crippen LogP contribution is 2.31. The van der Waals surface area contributed by atoms with Gasteiger partial charge in [0, 0.05) is 15.6 Å². The molecule has 1 aliphatic heterocycles. The van der Waals surface area contributed by atoms with Crippen molar-refractivity contribution in [1.29, 1.82) is 0 Å². The molecular weight excluding hydrogens is 407 g/mol. The third kappa shape index (κ3) is 4.44. The van der Waals surface area contributed by atoms with Crippen LogP contribution in [0.4, 0.5) is 4.79 Å². The highest BCUT2D eigenvalue weighted by molar-refractivity contribution is 6.35. The summed E-state index contributed by atoms with van der Waals surface area (Å²) in [7, 11) is 1.49. The van der Waals surface area contributed by atoms with Gasteiger partial charge in [-0.05, 0) is 35.9 Å². The van der Waals surface area contributed by atoms with Crippen LogP contribution < -0.4 is 20.1 Å². The van der Waals surface area contributed by atoms with Crippen molar-refractivity contribution in [3.05, 3.63) is 63.1 Å². The Hall–Kier alpha value is -3.03. The standard InChI is InChI=1S/C19H14Cl2N2O5/c1-27-15-5-2-10(6-13-17(24)22-19(26)23-18(13)25)7-16(15)28-9-11-3-4-12(20)8-14(11)21/h2-8H,9H2,1H3,(H2,22,23,24,25,26). The molecule has 1 aliphatic rings. The van der Waals surface area contributed by atoms with E-state index in [9.17, 15) is 14.4 Å². The zero-order valence-corrected chi connectivity index (χ0v) is 16.1. The number of imide groups is 2. The van der Waals surface area contributed by atoms with E-state index >= 15 is 0 Å². The predicted octanol–water partition coefficient (Wildman–Crippen LogP) is 3.33. The fraction of sp³-hybridized carbons (Fsp3) is 0.105. The van der Waals surface area contributed by atoms with Gasteiger partial charge in [-0.3, -0.25) is 20.2 Å². The van der Waals surface area contributed by atoms with Crippen LogP contribution in [0, 0.1) is 0 Å². The molecule has 0 bridgehead atoms. The molecule has 1 fully saturated rings. The lowest BCUT2D eigenvalue weighted by atomic mass is 10.1. The van der Waals surface area contributed by atoms with Gasteiger partial charge in [-0.15, -0.1) is 0 Å². The van der Waals surface area contributed by atoms with Crippen LogP contribution in [0.1, 0.15) is 11.1 Å². The summed E-state index contributed by atoms with van der Waals surface area (Å²) in [6.07, 6.45) is 1.35. The van der Waals surface area contributed by atoms with Crippen molar-refractivity contribution >= 4 is 47.1 Å². The first kappa shape index (κ1) is 19.7. The van der Waals surface area contributed by atoms with Gasteiger partial charge in [-0.2, -0.15) is 0 Å². The highest BCUT2D eigenvalue weighted by atomic mass is 35.5. The summed E-state index contributed by atoms with van der Waals surface area (Å²) in [6.45, 7) is 0.155. The molecular formula is C19H14Cl2N2O5. The van der Waals surface area contributed by atoms with E-state index in [1.165, 1.54) is 13.2 Å². The van der Waals surface area contributed by atoms with E-state index in [0.29, 0.717) is 27.1 Å². The van der Waals surface area contributed by atoms with Crippen molar-refractivity contribution in [2.75, 3.05) is 7.11 Å². The van der Waals surface area contributed by atoms with E-state index in [2.05, 4.69) is 0 Å². The van der Waals surface area contributed by atoms with E-state index < -0.39 is 17.8 Å². The molecule has 1 heterocycles. The maximum atomic E-state index is 11.9. The minimum Gasteiger partial charge on any atom is -0.493 e. The molecule has 0 spiro atoms. The van der Waals surface area contributed by atoms with Gasteiger partial charge >= 0.3 is 6.03 Å². The molecule has 7 nitrogen and oxygen atoms in total. The van der Waals surface area contributed by atoms with Gasteiger partial charge in [0.05, 0.1) is 7.11 Å². The number of urea groups is 1. The monoisotopic (exact) mass is 420 g/mol. The van der Waals surface area contributed by atoms with E-state index in [4.69, 9.17) is 32.7 Å². The molecule has 2 aromatic carbocycles. The van der Waals surface area contributed by atoms with E-state index in [0.717, 1.165) is 5.56 Å². The summed E-state index contributed by atoms with van der Waals surface area (Å²) in [5.74, 6) is -0.713. The molecule has 9 heteroatoms. The van der Waals surface area contributed by atoms with Crippen molar-refractivity contribution in [2.45, 2.75) is 6.61 Å². The van der Waals surface area contributed by atoms with Crippen LogP contribution >= 0.6 is 23.2 Å². The number of halogens is 2. The Labute approximate surface area is 170 Å². The molecule has 28 heavy (non-hydrogen) atoms. The number of nitrogens with one attached hydrogen (secondary N) is 2. The lowest BCUT2D eigenvalue weighted by molar-refractivity contribution is -0.123. The second-order valence-corrected chi connectivity index (χ2v) is 6.57. The molecule has 0 radical (unpaired) electrons. The fourth-order valence-electron chi connectivity index (χ4n) is 2.46. The smallest absolute Gasteiger partial charge is 0.328 e. The van der Waals surface area contributed by atoms with Gasteiger partial charge < -0.3 is 9.47 Å². The SMILES string of the molecule is COc1ccc(C=C2C(=O)NC(=O)NC2=O)cc1OCc1ccc(Cl)cc1Cl. The van der Waals surface area contributed by atoms with Crippen LogP contribution in [0.2, 0.25) is 10.0 Å². The Morgan fingerprint density at radius 1 is 0.964 bits per heavy atom. The number of carbonyl (C=O) groups excluding carboxylic acids is 3. The number of barbiturate groups is 1. The first-order chi connectivity index (χ1) is 13.4. The summed E-state index contributed by atoms with van der Waals surface area (Å²) in [6, 6.07) is 9.09. The molecule has 4 amide bonds. The molecule has 1 saturated heterocycles. The van der Waals surface area contributed by atoms with Gasteiger partial charge in [0.25, 0.3) is 11.8 Å². The number of carbonyl (C=O) groups is 3. The highest BCUT2D eigenvalue weighted by Gasteiger charge is 2.27. The van der Waals surface area contributed by atoms with Gasteiger partial charge in [-0.25, -0.2) is 4.79 Å². The number of hydrogen-bond acceptors (Lipinski definition) is 5. The third-order valence-corrected chi connectivity index (χ3v) is 4.43. The number of methoxy groups -OCH3 is 1. The zero-order valence-electron chi connectivity index (χ0n) is 14.5. The average molecular weight is 421 g/mol. The molecule has 0 aliphatic carbocycles. The fourth-order valence-corrected chi connectivity index (χ4v) is 2.93. The van der Waals surface area contributed by atoms with Crippen LogP contribution in [0.3, 0.4) is 0 Å². The Morgan fingerprint density at radius 2 is 1.68 bits per heavy atom. The molecule has 3 rings (SSSR count). The lowest BCUT2D eigenvalue weighted by Gasteiger charge is -2.15. The summed E-state index contributed by atoms with van der Waals surface area (Å²) in [5.41, 5.74) is 1.03. The normalized spacial score (nSPS) is 13.7. The van der Waals surface area contributed by atoms with Gasteiger partial charge in [0.2, 0.25) is 0 Å². The van der Waals surface area contributed by atoms with Gasteiger partial charge in [0.15, 0.2) is 11.5 Å². The van der Waals surface area contributed by atoms with Crippen LogP contribution in [-0.4, -0.2) is 25.0 Å². The summed E-state index contributed by atoms with van der Waals surface area (Å²) in [5, 5.41) is 5.01. The first-order valence-corrected chi connectivity index (χ1v) is 8.76. The summed E-state index contributed by atoms with van der Waals surface area (Å²) >= 11 is 12.0. The Kier molecular flexibility index (Phi) is 5.87. The largest absolute Gasteiger partial charge is 0.493 e. The zero-order chi connectivity index (χ0) is 20.3. The average Bonchev–Trinajstić information content (AvgIpc) is 2.64. The minimum absolute atomic E-state index is 0.155. The van der Waals surface area contributed by atoms with Crippen LogP contribution in [0.5, 0.6) is 11.5 Å². The molecule has 0 atom stereocenters. The summed E-state index contributed by atoms with van der Waals surface area (Å²) in [4.78, 5) is 34.9. The maximum absolute atomic E-state index is 11.9. The topological polar surface area (TPSA) is 93.7 Å². The number of hydrogen-bond donors (Lipinski definition) is 2. The van der Waals surface area contributed by atoms with E-state index in [-0.39, 0.29) is 12.2 Å². The van der Waals surface area contributed by atoms with Crippen molar-refractivity contribution < 1.29 is 23.9 Å². The van der Waals surface area contributed by atoms with Crippen molar-refractivity contribution in [3.63, 3.8) is 0 Å². The van der Waals surface area contributed by atoms with Gasteiger partial charge in [0.1, 0.15) is 12.2 Å². The lowest BCUT2D eigenvalue weighted by Crippen LogP contribution is -2.51. The third-order valence-electron chi connectivity index (χ3n) is 3.84. The predicted molar refractivity (Wildman–Crippen MR) is 103 cm³/mol. The molecule has 144 valence electrons. The molecule has 0 unspecified atom stereocenters. The second kappa shape index (κ2) is 8.33. The minimum atomic E-state index is -0.856. The summed E-state index contributed by atoms with van der Waals surface area (Å²) < 4.78 is 11.1. The Morgan fingerprint density at radius 3 is 2.32 bits per heavy atom. The number of benzene rings is 2. The number of ether oxygens (including phenoxy) is 2. The Balaban J connectivity index is 1.86. The van der Waals surface area contributed by atoms with Crippen molar-refractivity contribution in [2.24, 2.45) is 0 Å². The van der Waals surface area contributed by atoms with Gasteiger partial charge in [-0.1, -0.05) is 35.3 Å². The Bertz CT molecular complexity index is 982. The van der Waals surface area contributed by atoms with E-state index in [1.807, 2.05) is 10.6 Å².